The Balaban J connectivity index is 2.19. The van der Waals surface area contributed by atoms with Gasteiger partial charge in [-0.2, -0.15) is 9.61 Å². The zero-order chi connectivity index (χ0) is 15.9. The molecule has 3 N–H and O–H groups in total. The normalized spacial score (nSPS) is 10.8. The molecule has 0 saturated carbocycles. The minimum atomic E-state index is -0.703. The fourth-order valence-corrected chi connectivity index (χ4v) is 2.29. The second kappa shape index (κ2) is 5.19. The van der Waals surface area contributed by atoms with E-state index in [-0.39, 0.29) is 11.3 Å². The van der Waals surface area contributed by atoms with E-state index >= 15 is 0 Å². The van der Waals surface area contributed by atoms with Gasteiger partial charge in [-0.1, -0.05) is 17.7 Å². The van der Waals surface area contributed by atoms with Crippen LogP contribution in [0.2, 0.25) is 5.02 Å². The Hall–Kier alpha value is -2.80. The van der Waals surface area contributed by atoms with Gasteiger partial charge in [0.25, 0.3) is 11.5 Å². The molecule has 0 aliphatic carbocycles. The Morgan fingerprint density at radius 1 is 1.36 bits per heavy atom. The van der Waals surface area contributed by atoms with Crippen LogP contribution >= 0.6 is 11.6 Å². The first-order valence-corrected chi connectivity index (χ1v) is 6.64. The van der Waals surface area contributed by atoms with E-state index in [2.05, 4.69) is 10.1 Å². The van der Waals surface area contributed by atoms with Crippen LogP contribution in [0.3, 0.4) is 0 Å². The van der Waals surface area contributed by atoms with E-state index in [1.807, 2.05) is 0 Å². The van der Waals surface area contributed by atoms with Crippen LogP contribution in [0, 0.1) is 0 Å². The first kappa shape index (κ1) is 14.2. The summed E-state index contributed by atoms with van der Waals surface area (Å²) in [5.74, 6) is -0.211. The average molecular weight is 319 g/mol. The molecular formula is C14H11ClN4O3. The topological polar surface area (TPSA) is 102 Å². The number of hydrogen-bond donors (Lipinski definition) is 2. The van der Waals surface area contributed by atoms with Crippen molar-refractivity contribution in [1.82, 2.24) is 14.6 Å². The third kappa shape index (κ3) is 2.31. The molecular weight excluding hydrogens is 308 g/mol. The Labute approximate surface area is 129 Å². The Kier molecular flexibility index (Phi) is 3.34. The number of halogens is 1. The van der Waals surface area contributed by atoms with Gasteiger partial charge in [-0.15, -0.1) is 0 Å². The molecule has 1 amide bonds. The molecule has 0 saturated heterocycles. The molecule has 22 heavy (non-hydrogen) atoms. The summed E-state index contributed by atoms with van der Waals surface area (Å²) in [5.41, 5.74) is 6.42. The van der Waals surface area contributed by atoms with Crippen molar-refractivity contribution in [3.8, 4) is 17.0 Å². The van der Waals surface area contributed by atoms with Crippen molar-refractivity contribution in [3.05, 3.63) is 51.4 Å². The first-order chi connectivity index (χ1) is 10.5. The molecule has 2 heterocycles. The number of methoxy groups -OCH3 is 1. The van der Waals surface area contributed by atoms with Gasteiger partial charge in [-0.3, -0.25) is 9.59 Å². The lowest BCUT2D eigenvalue weighted by atomic mass is 10.1. The highest BCUT2D eigenvalue weighted by molar-refractivity contribution is 6.32. The fraction of sp³-hybridized carbons (Fsp3) is 0.0714. The van der Waals surface area contributed by atoms with Gasteiger partial charge in [0.15, 0.2) is 5.69 Å². The number of amides is 1. The van der Waals surface area contributed by atoms with Gasteiger partial charge < -0.3 is 15.5 Å². The van der Waals surface area contributed by atoms with Crippen LogP contribution in [0.1, 0.15) is 10.5 Å². The van der Waals surface area contributed by atoms with Crippen LogP contribution in [0.5, 0.6) is 5.75 Å². The maximum Gasteiger partial charge on any atom is 0.274 e. The fourth-order valence-electron chi connectivity index (χ4n) is 2.10. The number of benzene rings is 1. The van der Waals surface area contributed by atoms with Gasteiger partial charge in [0.05, 0.1) is 17.8 Å². The van der Waals surface area contributed by atoms with E-state index in [1.54, 1.807) is 18.2 Å². The largest absolute Gasteiger partial charge is 0.495 e. The van der Waals surface area contributed by atoms with Crippen molar-refractivity contribution < 1.29 is 9.53 Å². The Bertz CT molecular complexity index is 945. The van der Waals surface area contributed by atoms with Crippen molar-refractivity contribution in [2.45, 2.75) is 0 Å². The summed E-state index contributed by atoms with van der Waals surface area (Å²) in [6.45, 7) is 0. The minimum absolute atomic E-state index is 0.0131. The van der Waals surface area contributed by atoms with Gasteiger partial charge in [0, 0.05) is 17.7 Å². The van der Waals surface area contributed by atoms with Crippen LogP contribution in [0.15, 0.2) is 35.1 Å². The van der Waals surface area contributed by atoms with E-state index in [9.17, 15) is 9.59 Å². The molecule has 0 radical (unpaired) electrons. The average Bonchev–Trinajstić information content (AvgIpc) is 2.92. The minimum Gasteiger partial charge on any atom is -0.495 e. The summed E-state index contributed by atoms with van der Waals surface area (Å²) < 4.78 is 6.24. The maximum atomic E-state index is 12.1. The number of nitrogens with zero attached hydrogens (tertiary/aromatic N) is 2. The number of nitrogens with two attached hydrogens (primary N) is 1. The number of rotatable bonds is 3. The number of primary amides is 1. The zero-order valence-corrected chi connectivity index (χ0v) is 12.2. The molecule has 1 aromatic carbocycles. The SMILES string of the molecule is COc1cc(-c2cc(=O)n3nc(C(N)=O)cc3[nH]2)ccc1Cl. The predicted octanol–water partition coefficient (Wildman–Crippen LogP) is 1.45. The molecule has 0 spiro atoms. The van der Waals surface area contributed by atoms with Crippen molar-refractivity contribution in [2.75, 3.05) is 7.11 Å². The molecule has 0 atom stereocenters. The molecule has 112 valence electrons. The lowest BCUT2D eigenvalue weighted by Crippen LogP contribution is -2.16. The number of carbonyl (C=O) groups is 1. The third-order valence-corrected chi connectivity index (χ3v) is 3.48. The van der Waals surface area contributed by atoms with Crippen molar-refractivity contribution in [2.24, 2.45) is 5.73 Å². The number of hydrogen-bond acceptors (Lipinski definition) is 4. The van der Waals surface area contributed by atoms with Gasteiger partial charge in [-0.25, -0.2) is 0 Å². The predicted molar refractivity (Wildman–Crippen MR) is 81.3 cm³/mol. The summed E-state index contributed by atoms with van der Waals surface area (Å²) in [5, 5.41) is 4.31. The lowest BCUT2D eigenvalue weighted by Gasteiger charge is -2.07. The molecule has 8 heteroatoms. The molecule has 7 nitrogen and oxygen atoms in total. The molecule has 0 fully saturated rings. The number of nitrogens with one attached hydrogen (secondary N) is 1. The quantitative estimate of drug-likeness (QED) is 0.763. The number of H-pyrrole nitrogens is 1. The van der Waals surface area contributed by atoms with Crippen molar-refractivity contribution >= 4 is 23.2 Å². The van der Waals surface area contributed by atoms with Gasteiger partial charge >= 0.3 is 0 Å². The summed E-state index contributed by atoms with van der Waals surface area (Å²) in [6.07, 6.45) is 0. The molecule has 2 aromatic heterocycles. The summed E-state index contributed by atoms with van der Waals surface area (Å²) in [7, 11) is 1.51. The first-order valence-electron chi connectivity index (χ1n) is 6.26. The molecule has 0 aliphatic rings. The molecule has 3 rings (SSSR count). The van der Waals surface area contributed by atoms with Gasteiger partial charge in [-0.05, 0) is 12.1 Å². The summed E-state index contributed by atoms with van der Waals surface area (Å²) in [6, 6.07) is 7.91. The van der Waals surface area contributed by atoms with Crippen LogP contribution in [0.4, 0.5) is 0 Å². The second-order valence-electron chi connectivity index (χ2n) is 4.56. The van der Waals surface area contributed by atoms with Gasteiger partial charge in [0.1, 0.15) is 11.4 Å². The van der Waals surface area contributed by atoms with Crippen LogP contribution in [-0.4, -0.2) is 27.6 Å². The van der Waals surface area contributed by atoms with E-state index < -0.39 is 5.91 Å². The third-order valence-electron chi connectivity index (χ3n) is 3.16. The van der Waals surface area contributed by atoms with E-state index in [4.69, 9.17) is 22.1 Å². The van der Waals surface area contributed by atoms with Crippen molar-refractivity contribution in [1.29, 1.82) is 0 Å². The van der Waals surface area contributed by atoms with Crippen LogP contribution < -0.4 is 16.0 Å². The maximum absolute atomic E-state index is 12.1. The smallest absolute Gasteiger partial charge is 0.274 e. The highest BCUT2D eigenvalue weighted by Crippen LogP contribution is 2.29. The highest BCUT2D eigenvalue weighted by Gasteiger charge is 2.12. The molecule has 0 bridgehead atoms. The summed E-state index contributed by atoms with van der Waals surface area (Å²) in [4.78, 5) is 26.3. The van der Waals surface area contributed by atoms with Gasteiger partial charge in [0.2, 0.25) is 0 Å². The Morgan fingerprint density at radius 2 is 2.14 bits per heavy atom. The zero-order valence-electron chi connectivity index (χ0n) is 11.5. The molecule has 3 aromatic rings. The van der Waals surface area contributed by atoms with Crippen LogP contribution in [-0.2, 0) is 0 Å². The number of aromatic nitrogens is 3. The highest BCUT2D eigenvalue weighted by atomic mass is 35.5. The number of aromatic amines is 1. The summed E-state index contributed by atoms with van der Waals surface area (Å²) >= 11 is 5.99. The van der Waals surface area contributed by atoms with E-state index in [1.165, 1.54) is 19.2 Å². The second-order valence-corrected chi connectivity index (χ2v) is 4.97. The van der Waals surface area contributed by atoms with Crippen molar-refractivity contribution in [3.63, 3.8) is 0 Å². The van der Waals surface area contributed by atoms with E-state index in [0.717, 1.165) is 4.52 Å². The number of fused-ring (bicyclic) bond motifs is 1. The molecule has 0 aliphatic heterocycles. The van der Waals surface area contributed by atoms with Crippen LogP contribution in [0.25, 0.3) is 16.9 Å². The lowest BCUT2D eigenvalue weighted by molar-refractivity contribution is 0.0995. The Morgan fingerprint density at radius 3 is 2.82 bits per heavy atom. The number of carbonyl (C=O) groups excluding carboxylic acids is 1. The van der Waals surface area contributed by atoms with E-state index in [0.29, 0.717) is 27.7 Å². The standard InChI is InChI=1S/C14H11ClN4O3/c1-22-11-4-7(2-3-8(11)15)9-6-13(20)19-12(17-9)5-10(18-19)14(16)21/h2-6,17H,1H3,(H2,16,21). The molecule has 0 unspecified atom stereocenters. The number of ether oxygens (including phenoxy) is 1. The monoisotopic (exact) mass is 318 g/mol.